The third-order valence-electron chi connectivity index (χ3n) is 3.56. The highest BCUT2D eigenvalue weighted by Crippen LogP contribution is 2.42. The van der Waals surface area contributed by atoms with Crippen LogP contribution in [0.5, 0.6) is 0 Å². The Labute approximate surface area is 117 Å². The zero-order valence-electron chi connectivity index (χ0n) is 10.5. The van der Waals surface area contributed by atoms with Crippen molar-refractivity contribution in [3.63, 3.8) is 0 Å². The van der Waals surface area contributed by atoms with Gasteiger partial charge < -0.3 is 4.74 Å². The van der Waals surface area contributed by atoms with E-state index in [0.29, 0.717) is 5.56 Å². The lowest BCUT2D eigenvalue weighted by Crippen LogP contribution is -2.29. The Hall–Kier alpha value is -1.80. The van der Waals surface area contributed by atoms with E-state index >= 15 is 0 Å². The Morgan fingerprint density at radius 1 is 1.11 bits per heavy atom. The third-order valence-corrected chi connectivity index (χ3v) is 3.93. The molecule has 1 aliphatic rings. The van der Waals surface area contributed by atoms with Crippen molar-refractivity contribution in [1.82, 2.24) is 0 Å². The second kappa shape index (κ2) is 4.39. The summed E-state index contributed by atoms with van der Waals surface area (Å²) in [7, 11) is 0. The van der Waals surface area contributed by atoms with E-state index in [1.165, 1.54) is 0 Å². The maximum absolute atomic E-state index is 12.0. The first-order valence-electron chi connectivity index (χ1n) is 6.13. The molecule has 0 unspecified atom stereocenters. The van der Waals surface area contributed by atoms with Crippen LogP contribution >= 0.6 is 11.6 Å². The fourth-order valence-corrected chi connectivity index (χ4v) is 2.85. The largest absolute Gasteiger partial charge is 0.444 e. The van der Waals surface area contributed by atoms with Gasteiger partial charge in [-0.1, -0.05) is 48.0 Å². The SMILES string of the molecule is Cc1ccc([C@@]2(CCl)OC(=O)c3ccccc32)cc1. The Morgan fingerprint density at radius 2 is 1.79 bits per heavy atom. The number of esters is 1. The number of carbonyl (C=O) groups excluding carboxylic acids is 1. The van der Waals surface area contributed by atoms with Crippen molar-refractivity contribution >= 4 is 17.6 Å². The first-order chi connectivity index (χ1) is 9.17. The summed E-state index contributed by atoms with van der Waals surface area (Å²) >= 11 is 6.15. The predicted octanol–water partition coefficient (Wildman–Crippen LogP) is 3.65. The summed E-state index contributed by atoms with van der Waals surface area (Å²) < 4.78 is 5.62. The van der Waals surface area contributed by atoms with Crippen molar-refractivity contribution < 1.29 is 9.53 Å². The molecule has 1 heterocycles. The van der Waals surface area contributed by atoms with E-state index in [1.54, 1.807) is 6.07 Å². The molecule has 0 saturated heterocycles. The highest BCUT2D eigenvalue weighted by Gasteiger charge is 2.46. The summed E-state index contributed by atoms with van der Waals surface area (Å²) in [5, 5.41) is 0. The lowest BCUT2D eigenvalue weighted by molar-refractivity contribution is 0.0192. The van der Waals surface area contributed by atoms with Gasteiger partial charge >= 0.3 is 5.97 Å². The highest BCUT2D eigenvalue weighted by molar-refractivity contribution is 6.19. The molecule has 0 aromatic heterocycles. The topological polar surface area (TPSA) is 26.3 Å². The minimum Gasteiger partial charge on any atom is -0.444 e. The van der Waals surface area contributed by atoms with Crippen molar-refractivity contribution in [2.24, 2.45) is 0 Å². The smallest absolute Gasteiger partial charge is 0.339 e. The second-order valence-electron chi connectivity index (χ2n) is 4.76. The molecule has 19 heavy (non-hydrogen) atoms. The summed E-state index contributed by atoms with van der Waals surface area (Å²) in [5.74, 6) is -0.101. The van der Waals surface area contributed by atoms with Crippen LogP contribution in [-0.2, 0) is 10.3 Å². The van der Waals surface area contributed by atoms with Gasteiger partial charge in [0.25, 0.3) is 0 Å². The Kier molecular flexibility index (Phi) is 2.83. The first-order valence-corrected chi connectivity index (χ1v) is 6.67. The van der Waals surface area contributed by atoms with Crippen LogP contribution < -0.4 is 0 Å². The standard InChI is InChI=1S/C16H13ClO2/c1-11-6-8-12(9-7-11)16(10-17)14-5-3-2-4-13(14)15(18)19-16/h2-9H,10H2,1H3/t16-/m1/s1. The minimum atomic E-state index is -0.858. The third kappa shape index (κ3) is 1.75. The van der Waals surface area contributed by atoms with E-state index < -0.39 is 5.60 Å². The van der Waals surface area contributed by atoms with Gasteiger partial charge in [-0.2, -0.15) is 0 Å². The number of carbonyl (C=O) groups is 1. The van der Waals surface area contributed by atoms with Gasteiger partial charge in [-0.15, -0.1) is 11.6 Å². The van der Waals surface area contributed by atoms with E-state index in [0.717, 1.165) is 16.7 Å². The number of hydrogen-bond donors (Lipinski definition) is 0. The quantitative estimate of drug-likeness (QED) is 0.616. The van der Waals surface area contributed by atoms with Crippen LogP contribution in [0, 0.1) is 6.92 Å². The molecule has 2 aromatic carbocycles. The number of ether oxygens (including phenoxy) is 1. The molecular formula is C16H13ClO2. The predicted molar refractivity (Wildman–Crippen MR) is 74.5 cm³/mol. The van der Waals surface area contributed by atoms with Crippen molar-refractivity contribution in [2.45, 2.75) is 12.5 Å². The molecule has 0 spiro atoms. The Balaban J connectivity index is 2.21. The van der Waals surface area contributed by atoms with Crippen molar-refractivity contribution in [3.8, 4) is 0 Å². The normalized spacial score (nSPS) is 21.1. The summed E-state index contributed by atoms with van der Waals surface area (Å²) in [6, 6.07) is 15.3. The van der Waals surface area contributed by atoms with E-state index in [9.17, 15) is 4.79 Å². The molecule has 2 nitrogen and oxygen atoms in total. The molecule has 1 aliphatic heterocycles. The van der Waals surface area contributed by atoms with Gasteiger partial charge in [-0.3, -0.25) is 0 Å². The van der Waals surface area contributed by atoms with E-state index in [4.69, 9.17) is 16.3 Å². The zero-order chi connectivity index (χ0) is 13.5. The maximum atomic E-state index is 12.0. The second-order valence-corrected chi connectivity index (χ2v) is 5.03. The van der Waals surface area contributed by atoms with E-state index in [1.807, 2.05) is 49.4 Å². The van der Waals surface area contributed by atoms with Gasteiger partial charge in [-0.25, -0.2) is 4.79 Å². The van der Waals surface area contributed by atoms with Gasteiger partial charge in [-0.05, 0) is 13.0 Å². The number of aryl methyl sites for hydroxylation is 1. The molecule has 2 aromatic rings. The van der Waals surface area contributed by atoms with Crippen molar-refractivity contribution in [1.29, 1.82) is 0 Å². The molecule has 0 aliphatic carbocycles. The van der Waals surface area contributed by atoms with Crippen molar-refractivity contribution in [2.75, 3.05) is 5.88 Å². The Bertz CT molecular complexity index is 633. The van der Waals surface area contributed by atoms with Gasteiger partial charge in [0.15, 0.2) is 5.60 Å². The molecule has 0 fully saturated rings. The molecule has 3 rings (SSSR count). The number of halogens is 1. The maximum Gasteiger partial charge on any atom is 0.339 e. The van der Waals surface area contributed by atoms with Crippen LogP contribution in [0.1, 0.15) is 27.0 Å². The molecule has 0 radical (unpaired) electrons. The Morgan fingerprint density at radius 3 is 2.47 bits per heavy atom. The molecule has 96 valence electrons. The lowest BCUT2D eigenvalue weighted by atomic mass is 9.87. The summed E-state index contributed by atoms with van der Waals surface area (Å²) in [5.41, 5.74) is 2.66. The van der Waals surface area contributed by atoms with Gasteiger partial charge in [0.2, 0.25) is 0 Å². The molecule has 0 bridgehead atoms. The van der Waals surface area contributed by atoms with Crippen LogP contribution in [0.3, 0.4) is 0 Å². The number of benzene rings is 2. The van der Waals surface area contributed by atoms with Crippen LogP contribution in [0.15, 0.2) is 48.5 Å². The first kappa shape index (κ1) is 12.2. The van der Waals surface area contributed by atoms with E-state index in [-0.39, 0.29) is 11.8 Å². The zero-order valence-corrected chi connectivity index (χ0v) is 11.3. The van der Waals surface area contributed by atoms with Gasteiger partial charge in [0.1, 0.15) is 0 Å². The molecule has 3 heteroatoms. The molecule has 0 N–H and O–H groups in total. The molecule has 0 amide bonds. The lowest BCUT2D eigenvalue weighted by Gasteiger charge is -2.27. The summed E-state index contributed by atoms with van der Waals surface area (Å²) in [6.45, 7) is 2.02. The summed E-state index contributed by atoms with van der Waals surface area (Å²) in [6.07, 6.45) is 0. The highest BCUT2D eigenvalue weighted by atomic mass is 35.5. The number of fused-ring (bicyclic) bond motifs is 1. The van der Waals surface area contributed by atoms with Crippen LogP contribution in [0.25, 0.3) is 0 Å². The number of rotatable bonds is 2. The van der Waals surface area contributed by atoms with Crippen molar-refractivity contribution in [3.05, 3.63) is 70.8 Å². The number of alkyl halides is 1. The fourth-order valence-electron chi connectivity index (χ4n) is 2.50. The average molecular weight is 273 g/mol. The molecule has 0 saturated carbocycles. The number of hydrogen-bond acceptors (Lipinski definition) is 2. The van der Waals surface area contributed by atoms with Gasteiger partial charge in [0.05, 0.1) is 11.4 Å². The fraction of sp³-hybridized carbons (Fsp3) is 0.188. The van der Waals surface area contributed by atoms with Crippen LogP contribution in [0.2, 0.25) is 0 Å². The number of cyclic esters (lactones) is 1. The monoisotopic (exact) mass is 272 g/mol. The minimum absolute atomic E-state index is 0.207. The molecule has 1 atom stereocenters. The molecular weight excluding hydrogens is 260 g/mol. The van der Waals surface area contributed by atoms with Crippen LogP contribution in [-0.4, -0.2) is 11.8 Å². The summed E-state index contributed by atoms with van der Waals surface area (Å²) in [4.78, 5) is 12.0. The van der Waals surface area contributed by atoms with Crippen LogP contribution in [0.4, 0.5) is 0 Å². The van der Waals surface area contributed by atoms with Gasteiger partial charge in [0, 0.05) is 11.1 Å². The average Bonchev–Trinajstić information content (AvgIpc) is 2.74. The van der Waals surface area contributed by atoms with E-state index in [2.05, 4.69) is 0 Å².